The van der Waals surface area contributed by atoms with Crippen LogP contribution in [-0.4, -0.2) is 53.8 Å². The zero-order valence-corrected chi connectivity index (χ0v) is 13.0. The van der Waals surface area contributed by atoms with Gasteiger partial charge in [-0.15, -0.1) is 0 Å². The predicted molar refractivity (Wildman–Crippen MR) is 81.3 cm³/mol. The van der Waals surface area contributed by atoms with Gasteiger partial charge < -0.3 is 19.5 Å². The second kappa shape index (κ2) is 5.81. The first-order valence-corrected chi connectivity index (χ1v) is 7.84. The van der Waals surface area contributed by atoms with E-state index in [4.69, 9.17) is 4.74 Å². The molecule has 2 saturated heterocycles. The van der Waals surface area contributed by atoms with Gasteiger partial charge in [0, 0.05) is 32.9 Å². The van der Waals surface area contributed by atoms with Gasteiger partial charge >= 0.3 is 0 Å². The molecular formula is C16H25N3O2. The summed E-state index contributed by atoms with van der Waals surface area (Å²) in [6.45, 7) is 2.74. The van der Waals surface area contributed by atoms with Crippen LogP contribution in [0.4, 0.5) is 0 Å². The lowest BCUT2D eigenvalue weighted by Crippen LogP contribution is -2.46. The van der Waals surface area contributed by atoms with Crippen LogP contribution in [-0.2, 0) is 11.8 Å². The number of hydrogen-bond donors (Lipinski definition) is 1. The van der Waals surface area contributed by atoms with Crippen molar-refractivity contribution in [3.8, 4) is 0 Å². The first-order chi connectivity index (χ1) is 10.1. The molecule has 1 aromatic rings. The molecular weight excluding hydrogens is 266 g/mol. The maximum Gasteiger partial charge on any atom is 0.267 e. The Bertz CT molecular complexity index is 509. The molecule has 0 unspecified atom stereocenters. The molecule has 1 N–H and O–H groups in total. The maximum absolute atomic E-state index is 12.1. The Morgan fingerprint density at radius 3 is 3.00 bits per heavy atom. The summed E-state index contributed by atoms with van der Waals surface area (Å²) in [7, 11) is 4.04. The smallest absolute Gasteiger partial charge is 0.267 e. The van der Waals surface area contributed by atoms with Crippen molar-refractivity contribution in [3.63, 3.8) is 0 Å². The predicted octanol–water partition coefficient (Wildman–Crippen LogP) is 1.40. The van der Waals surface area contributed by atoms with Gasteiger partial charge in [-0.3, -0.25) is 4.79 Å². The highest BCUT2D eigenvalue weighted by molar-refractivity contribution is 5.92. The number of hydrogen-bond acceptors (Lipinski definition) is 3. The number of aromatic nitrogens is 1. The standard InChI is InChI=1S/C16H25N3O2/c1-18-10-8-16(12-18)7-3-5-13(21-16)11-17-15(20)14-6-4-9-19(14)2/h4,6,9,13H,3,5,7-8,10-12H2,1-2H3,(H,17,20)/t13-,16-/m1/s1. The van der Waals surface area contributed by atoms with E-state index >= 15 is 0 Å². The molecule has 0 saturated carbocycles. The molecule has 2 aliphatic heterocycles. The quantitative estimate of drug-likeness (QED) is 0.915. The van der Waals surface area contributed by atoms with Gasteiger partial charge in [-0.2, -0.15) is 0 Å². The van der Waals surface area contributed by atoms with Crippen molar-refractivity contribution in [1.82, 2.24) is 14.8 Å². The number of carbonyl (C=O) groups excluding carboxylic acids is 1. The van der Waals surface area contributed by atoms with E-state index in [0.29, 0.717) is 12.2 Å². The van der Waals surface area contributed by atoms with Crippen molar-refractivity contribution in [2.75, 3.05) is 26.7 Å². The Labute approximate surface area is 126 Å². The third-order valence-corrected chi connectivity index (χ3v) is 4.75. The fraction of sp³-hybridized carbons (Fsp3) is 0.688. The van der Waals surface area contributed by atoms with E-state index in [2.05, 4.69) is 17.3 Å². The van der Waals surface area contributed by atoms with Crippen LogP contribution in [0.5, 0.6) is 0 Å². The Morgan fingerprint density at radius 1 is 1.48 bits per heavy atom. The number of aryl methyl sites for hydroxylation is 1. The average molecular weight is 291 g/mol. The van der Waals surface area contributed by atoms with Crippen LogP contribution in [0.15, 0.2) is 18.3 Å². The number of nitrogens with one attached hydrogen (secondary N) is 1. The lowest BCUT2D eigenvalue weighted by molar-refractivity contribution is -0.117. The zero-order valence-electron chi connectivity index (χ0n) is 13.0. The molecule has 0 aromatic carbocycles. The summed E-state index contributed by atoms with van der Waals surface area (Å²) in [4.78, 5) is 14.5. The lowest BCUT2D eigenvalue weighted by Gasteiger charge is -2.38. The van der Waals surface area contributed by atoms with Crippen LogP contribution in [0.1, 0.15) is 36.2 Å². The molecule has 0 radical (unpaired) electrons. The van der Waals surface area contributed by atoms with Gasteiger partial charge in [-0.25, -0.2) is 0 Å². The minimum absolute atomic E-state index is 0.0192. The van der Waals surface area contributed by atoms with Crippen LogP contribution in [0.3, 0.4) is 0 Å². The Morgan fingerprint density at radius 2 is 2.33 bits per heavy atom. The molecule has 5 heteroatoms. The highest BCUT2D eigenvalue weighted by Crippen LogP contribution is 2.35. The molecule has 1 amide bonds. The van der Waals surface area contributed by atoms with Gasteiger partial charge in [-0.05, 0) is 44.9 Å². The molecule has 2 fully saturated rings. The van der Waals surface area contributed by atoms with E-state index in [1.54, 1.807) is 0 Å². The summed E-state index contributed by atoms with van der Waals surface area (Å²) in [5, 5.41) is 3.01. The minimum atomic E-state index is -0.0192. The van der Waals surface area contributed by atoms with E-state index in [9.17, 15) is 4.79 Å². The summed E-state index contributed by atoms with van der Waals surface area (Å²) < 4.78 is 8.18. The maximum atomic E-state index is 12.1. The van der Waals surface area contributed by atoms with Gasteiger partial charge in [0.1, 0.15) is 5.69 Å². The molecule has 2 atom stereocenters. The molecule has 5 nitrogen and oxygen atoms in total. The third-order valence-electron chi connectivity index (χ3n) is 4.75. The van der Waals surface area contributed by atoms with E-state index in [0.717, 1.165) is 32.4 Å². The van der Waals surface area contributed by atoms with Gasteiger partial charge in [0.05, 0.1) is 11.7 Å². The first kappa shape index (κ1) is 14.6. The Kier molecular flexibility index (Phi) is 4.04. The van der Waals surface area contributed by atoms with Gasteiger partial charge in [-0.1, -0.05) is 0 Å². The number of ether oxygens (including phenoxy) is 1. The molecule has 3 heterocycles. The first-order valence-electron chi connectivity index (χ1n) is 7.84. The molecule has 0 aliphatic carbocycles. The molecule has 116 valence electrons. The van der Waals surface area contributed by atoms with Crippen molar-refractivity contribution in [1.29, 1.82) is 0 Å². The fourth-order valence-corrected chi connectivity index (χ4v) is 3.61. The SMILES string of the molecule is CN1CC[C@]2(CCC[C@H](CNC(=O)c3cccn3C)O2)C1. The Balaban J connectivity index is 1.54. The van der Waals surface area contributed by atoms with Gasteiger partial charge in [0.15, 0.2) is 0 Å². The summed E-state index contributed by atoms with van der Waals surface area (Å²) in [5.41, 5.74) is 0.731. The largest absolute Gasteiger partial charge is 0.369 e. The normalized spacial score (nSPS) is 29.9. The van der Waals surface area contributed by atoms with Crippen LogP contribution in [0, 0.1) is 0 Å². The van der Waals surface area contributed by atoms with Crippen molar-refractivity contribution in [3.05, 3.63) is 24.0 Å². The number of nitrogens with zero attached hydrogens (tertiary/aromatic N) is 2. The second-order valence-corrected chi connectivity index (χ2v) is 6.52. The number of carbonyl (C=O) groups is 1. The summed E-state index contributed by atoms with van der Waals surface area (Å²) >= 11 is 0. The van der Waals surface area contributed by atoms with E-state index in [-0.39, 0.29) is 17.6 Å². The molecule has 3 rings (SSSR count). The number of likely N-dealkylation sites (N-methyl/N-ethyl adjacent to an activating group) is 1. The monoisotopic (exact) mass is 291 g/mol. The number of amides is 1. The van der Waals surface area contributed by atoms with E-state index in [1.165, 1.54) is 6.42 Å². The highest BCUT2D eigenvalue weighted by Gasteiger charge is 2.41. The average Bonchev–Trinajstić information content (AvgIpc) is 3.03. The topological polar surface area (TPSA) is 46.5 Å². The number of likely N-dealkylation sites (tertiary alicyclic amines) is 1. The van der Waals surface area contributed by atoms with E-state index < -0.39 is 0 Å². The second-order valence-electron chi connectivity index (χ2n) is 6.52. The van der Waals surface area contributed by atoms with Crippen LogP contribution < -0.4 is 5.32 Å². The lowest BCUT2D eigenvalue weighted by atomic mass is 9.90. The molecule has 21 heavy (non-hydrogen) atoms. The van der Waals surface area contributed by atoms with Crippen molar-refractivity contribution in [2.45, 2.75) is 37.4 Å². The van der Waals surface area contributed by atoms with Crippen LogP contribution in [0.2, 0.25) is 0 Å². The zero-order chi connectivity index (χ0) is 14.9. The summed E-state index contributed by atoms with van der Waals surface area (Å²) in [6.07, 6.45) is 6.53. The van der Waals surface area contributed by atoms with Crippen LogP contribution in [0.25, 0.3) is 0 Å². The summed E-state index contributed by atoms with van der Waals surface area (Å²) in [6, 6.07) is 3.72. The minimum Gasteiger partial charge on any atom is -0.369 e. The fourth-order valence-electron chi connectivity index (χ4n) is 3.61. The Hall–Kier alpha value is -1.33. The van der Waals surface area contributed by atoms with E-state index in [1.807, 2.05) is 29.9 Å². The van der Waals surface area contributed by atoms with Gasteiger partial charge in [0.2, 0.25) is 0 Å². The molecule has 1 spiro atoms. The molecule has 2 aliphatic rings. The van der Waals surface area contributed by atoms with Crippen molar-refractivity contribution >= 4 is 5.91 Å². The molecule has 1 aromatic heterocycles. The van der Waals surface area contributed by atoms with Gasteiger partial charge in [0.25, 0.3) is 5.91 Å². The summed E-state index contributed by atoms with van der Waals surface area (Å²) in [5.74, 6) is -0.0192. The molecule has 0 bridgehead atoms. The van der Waals surface area contributed by atoms with Crippen molar-refractivity contribution in [2.24, 2.45) is 7.05 Å². The van der Waals surface area contributed by atoms with Crippen LogP contribution >= 0.6 is 0 Å². The van der Waals surface area contributed by atoms with Crippen molar-refractivity contribution < 1.29 is 9.53 Å². The third kappa shape index (κ3) is 3.14. The highest BCUT2D eigenvalue weighted by atomic mass is 16.5. The number of rotatable bonds is 3.